The molecular weight excluding hydrogens is 318 g/mol. The van der Waals surface area contributed by atoms with Gasteiger partial charge in [-0.3, -0.25) is 9.20 Å². The summed E-state index contributed by atoms with van der Waals surface area (Å²) in [5.41, 5.74) is 0.872. The molecule has 6 nitrogen and oxygen atoms in total. The zero-order valence-corrected chi connectivity index (χ0v) is 13.9. The van der Waals surface area contributed by atoms with Gasteiger partial charge in [0.1, 0.15) is 5.65 Å². The molecule has 0 bridgehead atoms. The van der Waals surface area contributed by atoms with Gasteiger partial charge in [-0.1, -0.05) is 17.7 Å². The van der Waals surface area contributed by atoms with Crippen LogP contribution in [-0.4, -0.2) is 33.4 Å². The van der Waals surface area contributed by atoms with Crippen molar-refractivity contribution >= 4 is 35.2 Å². The number of nitrogens with zero attached hydrogens (tertiary/aromatic N) is 2. The van der Waals surface area contributed by atoms with E-state index in [9.17, 15) is 9.59 Å². The lowest BCUT2D eigenvalue weighted by molar-refractivity contribution is -0.144. The highest BCUT2D eigenvalue weighted by Crippen LogP contribution is 2.18. The minimum atomic E-state index is -0.629. The first-order chi connectivity index (χ1) is 10.8. The molecule has 0 aromatic carbocycles. The maximum Gasteiger partial charge on any atom is 0.331 e. The fraction of sp³-hybridized carbons (Fsp3) is 0.312. The van der Waals surface area contributed by atoms with Crippen LogP contribution in [0.25, 0.3) is 11.7 Å². The average Bonchev–Trinajstić information content (AvgIpc) is 2.76. The van der Waals surface area contributed by atoms with E-state index in [1.165, 1.54) is 12.2 Å². The lowest BCUT2D eigenvalue weighted by Crippen LogP contribution is -2.42. The molecule has 7 heteroatoms. The van der Waals surface area contributed by atoms with Crippen LogP contribution in [0.3, 0.4) is 0 Å². The molecule has 2 rings (SSSR count). The first kappa shape index (κ1) is 17.0. The molecule has 23 heavy (non-hydrogen) atoms. The molecule has 0 saturated carbocycles. The van der Waals surface area contributed by atoms with Crippen molar-refractivity contribution in [1.82, 2.24) is 14.7 Å². The Morgan fingerprint density at radius 3 is 2.83 bits per heavy atom. The average molecular weight is 336 g/mol. The number of fused-ring (bicyclic) bond motifs is 1. The molecule has 0 atom stereocenters. The normalized spacial score (nSPS) is 11.8. The maximum absolute atomic E-state index is 11.7. The number of ether oxygens (including phenoxy) is 1. The van der Waals surface area contributed by atoms with E-state index < -0.39 is 5.97 Å². The van der Waals surface area contributed by atoms with Gasteiger partial charge in [-0.05, 0) is 39.0 Å². The van der Waals surface area contributed by atoms with Crippen LogP contribution in [0.4, 0.5) is 0 Å². The van der Waals surface area contributed by atoms with Gasteiger partial charge in [0, 0.05) is 17.8 Å². The summed E-state index contributed by atoms with van der Waals surface area (Å²) in [7, 11) is 0. The summed E-state index contributed by atoms with van der Waals surface area (Å²) in [6, 6.07) is 5.48. The fourth-order valence-corrected chi connectivity index (χ4v) is 2.16. The van der Waals surface area contributed by atoms with Crippen molar-refractivity contribution in [3.05, 3.63) is 41.3 Å². The molecule has 0 unspecified atom stereocenters. The van der Waals surface area contributed by atoms with Crippen LogP contribution in [0.1, 0.15) is 26.5 Å². The fourth-order valence-electron chi connectivity index (χ4n) is 1.92. The quantitative estimate of drug-likeness (QED) is 0.688. The number of hydrogen-bond acceptors (Lipinski definition) is 4. The molecular formula is C16H18ClN3O3. The van der Waals surface area contributed by atoms with Crippen LogP contribution in [-0.2, 0) is 14.3 Å². The number of carbonyl (C=O) groups is 2. The maximum atomic E-state index is 11.7. The van der Waals surface area contributed by atoms with Crippen molar-refractivity contribution < 1.29 is 14.3 Å². The Morgan fingerprint density at radius 1 is 1.39 bits per heavy atom. The smallest absolute Gasteiger partial charge is 0.331 e. The van der Waals surface area contributed by atoms with E-state index in [0.29, 0.717) is 11.3 Å². The second-order valence-electron chi connectivity index (χ2n) is 5.96. The van der Waals surface area contributed by atoms with E-state index in [1.807, 2.05) is 32.9 Å². The van der Waals surface area contributed by atoms with Gasteiger partial charge in [-0.2, -0.15) is 0 Å². The molecule has 2 aromatic heterocycles. The molecule has 2 aromatic rings. The first-order valence-electron chi connectivity index (χ1n) is 7.05. The number of hydrogen-bond donors (Lipinski definition) is 1. The Hall–Kier alpha value is -2.34. The van der Waals surface area contributed by atoms with Crippen molar-refractivity contribution in [3.8, 4) is 0 Å². The lowest BCUT2D eigenvalue weighted by atomic mass is 10.1. The van der Waals surface area contributed by atoms with Gasteiger partial charge < -0.3 is 10.1 Å². The lowest BCUT2D eigenvalue weighted by Gasteiger charge is -2.20. The van der Waals surface area contributed by atoms with E-state index in [4.69, 9.17) is 16.3 Å². The van der Waals surface area contributed by atoms with Crippen LogP contribution in [0.5, 0.6) is 0 Å². The number of imidazole rings is 1. The van der Waals surface area contributed by atoms with Crippen molar-refractivity contribution in [2.75, 3.05) is 6.61 Å². The monoisotopic (exact) mass is 335 g/mol. The Bertz CT molecular complexity index is 760. The molecule has 2 heterocycles. The zero-order chi connectivity index (χ0) is 17.0. The molecule has 1 amide bonds. The summed E-state index contributed by atoms with van der Waals surface area (Å²) in [4.78, 5) is 27.4. The highest BCUT2D eigenvalue weighted by Gasteiger charge is 2.14. The molecule has 1 N–H and O–H groups in total. The topological polar surface area (TPSA) is 72.7 Å². The third-order valence-corrected chi connectivity index (χ3v) is 3.04. The highest BCUT2D eigenvalue weighted by molar-refractivity contribution is 6.31. The number of carbonyl (C=O) groups excluding carboxylic acids is 2. The minimum absolute atomic E-state index is 0.283. The third-order valence-electron chi connectivity index (χ3n) is 2.76. The predicted molar refractivity (Wildman–Crippen MR) is 88.1 cm³/mol. The SMILES string of the molecule is CC(C)(C)NC(=O)COC(=O)/C=C/c1c(Cl)nc2ccccn12. The van der Waals surface area contributed by atoms with Crippen molar-refractivity contribution in [1.29, 1.82) is 0 Å². The van der Waals surface area contributed by atoms with Gasteiger partial charge in [0.15, 0.2) is 11.8 Å². The summed E-state index contributed by atoms with van der Waals surface area (Å²) in [5.74, 6) is -0.983. The van der Waals surface area contributed by atoms with E-state index in [0.717, 1.165) is 0 Å². The Labute approximate surface area is 139 Å². The third kappa shape index (κ3) is 4.82. The summed E-state index contributed by atoms with van der Waals surface area (Å²) in [6.45, 7) is 5.21. The molecule has 0 fully saturated rings. The molecule has 0 aliphatic rings. The number of rotatable bonds is 4. The Balaban J connectivity index is 1.98. The molecule has 0 aliphatic heterocycles. The van der Waals surface area contributed by atoms with Gasteiger partial charge in [0.25, 0.3) is 5.91 Å². The summed E-state index contributed by atoms with van der Waals surface area (Å²) in [6.07, 6.45) is 4.51. The summed E-state index contributed by atoms with van der Waals surface area (Å²) >= 11 is 6.05. The second-order valence-corrected chi connectivity index (χ2v) is 6.31. The van der Waals surface area contributed by atoms with E-state index in [1.54, 1.807) is 16.7 Å². The number of pyridine rings is 1. The first-order valence-corrected chi connectivity index (χ1v) is 7.42. The van der Waals surface area contributed by atoms with Gasteiger partial charge in [-0.25, -0.2) is 9.78 Å². The van der Waals surface area contributed by atoms with E-state index >= 15 is 0 Å². The van der Waals surface area contributed by atoms with Gasteiger partial charge in [-0.15, -0.1) is 0 Å². The van der Waals surface area contributed by atoms with Crippen molar-refractivity contribution in [2.24, 2.45) is 0 Å². The van der Waals surface area contributed by atoms with Crippen LogP contribution < -0.4 is 5.32 Å². The molecule has 122 valence electrons. The number of aromatic nitrogens is 2. The van der Waals surface area contributed by atoms with Crippen LogP contribution in [0, 0.1) is 0 Å². The number of nitrogens with one attached hydrogen (secondary N) is 1. The number of halogens is 1. The van der Waals surface area contributed by atoms with E-state index in [2.05, 4.69) is 10.3 Å². The zero-order valence-electron chi connectivity index (χ0n) is 13.2. The molecule has 0 saturated heterocycles. The molecule has 0 aliphatic carbocycles. The molecule has 0 radical (unpaired) electrons. The Morgan fingerprint density at radius 2 is 2.13 bits per heavy atom. The van der Waals surface area contributed by atoms with E-state index in [-0.39, 0.29) is 23.2 Å². The Kier molecular flexibility index (Phi) is 5.05. The van der Waals surface area contributed by atoms with Crippen LogP contribution in [0.15, 0.2) is 30.5 Å². The van der Waals surface area contributed by atoms with Crippen molar-refractivity contribution in [2.45, 2.75) is 26.3 Å². The van der Waals surface area contributed by atoms with Gasteiger partial charge >= 0.3 is 5.97 Å². The second kappa shape index (κ2) is 6.83. The highest BCUT2D eigenvalue weighted by atomic mass is 35.5. The summed E-state index contributed by atoms with van der Waals surface area (Å²) in [5, 5.41) is 2.99. The number of esters is 1. The number of amides is 1. The van der Waals surface area contributed by atoms with Gasteiger partial charge in [0.05, 0.1) is 5.69 Å². The van der Waals surface area contributed by atoms with Crippen LogP contribution >= 0.6 is 11.6 Å². The van der Waals surface area contributed by atoms with Crippen LogP contribution in [0.2, 0.25) is 5.15 Å². The van der Waals surface area contributed by atoms with Crippen molar-refractivity contribution in [3.63, 3.8) is 0 Å². The minimum Gasteiger partial charge on any atom is -0.452 e. The summed E-state index contributed by atoms with van der Waals surface area (Å²) < 4.78 is 6.64. The van der Waals surface area contributed by atoms with Gasteiger partial charge in [0.2, 0.25) is 0 Å². The largest absolute Gasteiger partial charge is 0.452 e. The predicted octanol–water partition coefficient (Wildman–Crippen LogP) is 2.46. The molecule has 0 spiro atoms. The standard InChI is InChI=1S/C16H18ClN3O3/c1-16(2,3)19-13(21)10-23-14(22)8-7-11-15(17)18-12-6-4-5-9-20(11)12/h4-9H,10H2,1-3H3,(H,19,21)/b8-7+.